The number of non-ortho nitro benzene ring substituents is 1. The number of hydrazone groups is 1. The van der Waals surface area contributed by atoms with E-state index in [0.717, 1.165) is 10.6 Å². The maximum atomic E-state index is 12.2. The van der Waals surface area contributed by atoms with Gasteiger partial charge < -0.3 is 4.42 Å². The van der Waals surface area contributed by atoms with E-state index >= 15 is 0 Å². The van der Waals surface area contributed by atoms with Gasteiger partial charge in [-0.1, -0.05) is 11.6 Å². The third kappa shape index (κ3) is 5.93. The quantitative estimate of drug-likeness (QED) is 0.300. The first-order chi connectivity index (χ1) is 15.1. The van der Waals surface area contributed by atoms with Crippen LogP contribution >= 0.6 is 11.6 Å². The smallest absolute Gasteiger partial charge is 0.269 e. The van der Waals surface area contributed by atoms with Crippen molar-refractivity contribution >= 4 is 45.1 Å². The van der Waals surface area contributed by atoms with Crippen molar-refractivity contribution in [1.82, 2.24) is 5.43 Å². The van der Waals surface area contributed by atoms with E-state index in [2.05, 4.69) is 10.5 Å². The SMILES string of the molecule is CS(=O)(=O)N(CC(=O)N/N=C\c1ccc(-c2ccc([N+](=O)[O-])cc2)o1)c1ccc(Cl)cc1. The number of nitrogens with zero attached hydrogens (tertiary/aromatic N) is 3. The van der Waals surface area contributed by atoms with Crippen molar-refractivity contribution in [3.63, 3.8) is 0 Å². The summed E-state index contributed by atoms with van der Waals surface area (Å²) in [5, 5.41) is 14.9. The number of nitrogens with one attached hydrogen (secondary N) is 1. The number of rotatable bonds is 8. The Bertz CT molecular complexity index is 1250. The third-order valence-corrected chi connectivity index (χ3v) is 5.57. The molecule has 3 aromatic rings. The molecule has 3 rings (SSSR count). The number of hydrogen-bond donors (Lipinski definition) is 1. The van der Waals surface area contributed by atoms with Gasteiger partial charge in [-0.15, -0.1) is 0 Å². The summed E-state index contributed by atoms with van der Waals surface area (Å²) in [6, 6.07) is 15.1. The van der Waals surface area contributed by atoms with Crippen LogP contribution in [0.25, 0.3) is 11.3 Å². The monoisotopic (exact) mass is 476 g/mol. The van der Waals surface area contributed by atoms with Gasteiger partial charge >= 0.3 is 0 Å². The largest absolute Gasteiger partial charge is 0.455 e. The summed E-state index contributed by atoms with van der Waals surface area (Å²) in [5.74, 6) is 0.110. The predicted octanol–water partition coefficient (Wildman–Crippen LogP) is 3.42. The second kappa shape index (κ2) is 9.62. The summed E-state index contributed by atoms with van der Waals surface area (Å²) < 4.78 is 30.6. The molecule has 1 aromatic heterocycles. The van der Waals surface area contributed by atoms with E-state index in [1.165, 1.54) is 42.6 Å². The summed E-state index contributed by atoms with van der Waals surface area (Å²) in [6.45, 7) is -0.482. The zero-order valence-corrected chi connectivity index (χ0v) is 18.2. The number of sulfonamides is 1. The second-order valence-corrected chi connectivity index (χ2v) is 8.89. The fraction of sp³-hybridized carbons (Fsp3) is 0.100. The number of halogens is 1. The molecule has 32 heavy (non-hydrogen) atoms. The van der Waals surface area contributed by atoms with Crippen LogP contribution < -0.4 is 9.73 Å². The zero-order chi connectivity index (χ0) is 23.3. The Balaban J connectivity index is 1.63. The van der Waals surface area contributed by atoms with Crippen molar-refractivity contribution in [2.45, 2.75) is 0 Å². The fourth-order valence-corrected chi connectivity index (χ4v) is 3.65. The van der Waals surface area contributed by atoms with Crippen LogP contribution in [-0.4, -0.2) is 38.3 Å². The molecule has 0 aliphatic heterocycles. The average Bonchev–Trinajstić information content (AvgIpc) is 3.21. The van der Waals surface area contributed by atoms with Gasteiger partial charge in [0.15, 0.2) is 0 Å². The van der Waals surface area contributed by atoms with Crippen molar-refractivity contribution < 1.29 is 22.6 Å². The first-order valence-corrected chi connectivity index (χ1v) is 11.3. The summed E-state index contributed by atoms with van der Waals surface area (Å²) in [6.07, 6.45) is 2.24. The standard InChI is InChI=1S/C20H17ClN4O6S/c1-32(29,30)24(16-8-4-15(21)5-9-16)13-20(26)23-22-12-18-10-11-19(31-18)14-2-6-17(7-3-14)25(27)28/h2-12H,13H2,1H3,(H,23,26)/b22-12-. The number of amides is 1. The molecular formula is C20H17ClN4O6S. The molecule has 1 N–H and O–H groups in total. The van der Waals surface area contributed by atoms with E-state index in [0.29, 0.717) is 22.1 Å². The molecule has 0 atom stereocenters. The van der Waals surface area contributed by atoms with E-state index in [4.69, 9.17) is 16.0 Å². The Labute approximate surface area is 188 Å². The molecule has 166 valence electrons. The molecule has 10 nitrogen and oxygen atoms in total. The number of benzene rings is 2. The Morgan fingerprint density at radius 2 is 1.81 bits per heavy atom. The van der Waals surface area contributed by atoms with Crippen molar-refractivity contribution in [1.29, 1.82) is 0 Å². The molecule has 12 heteroatoms. The van der Waals surface area contributed by atoms with E-state index in [9.17, 15) is 23.3 Å². The lowest BCUT2D eigenvalue weighted by molar-refractivity contribution is -0.384. The number of anilines is 1. The minimum atomic E-state index is -3.72. The van der Waals surface area contributed by atoms with Crippen molar-refractivity contribution in [3.05, 3.63) is 81.6 Å². The molecule has 0 radical (unpaired) electrons. The maximum Gasteiger partial charge on any atom is 0.269 e. The highest BCUT2D eigenvalue weighted by Crippen LogP contribution is 2.24. The van der Waals surface area contributed by atoms with Crippen LogP contribution in [0.1, 0.15) is 5.76 Å². The van der Waals surface area contributed by atoms with Crippen LogP contribution in [0.4, 0.5) is 11.4 Å². The molecule has 0 unspecified atom stereocenters. The summed E-state index contributed by atoms with van der Waals surface area (Å²) in [7, 11) is -3.72. The van der Waals surface area contributed by atoms with Crippen molar-refractivity contribution in [3.8, 4) is 11.3 Å². The number of carbonyl (C=O) groups excluding carboxylic acids is 1. The van der Waals surface area contributed by atoms with Gasteiger partial charge in [0.25, 0.3) is 11.6 Å². The van der Waals surface area contributed by atoms with E-state index in [1.54, 1.807) is 24.3 Å². The van der Waals surface area contributed by atoms with E-state index in [-0.39, 0.29) is 11.4 Å². The van der Waals surface area contributed by atoms with Gasteiger partial charge in [0, 0.05) is 22.7 Å². The van der Waals surface area contributed by atoms with Gasteiger partial charge in [-0.2, -0.15) is 5.10 Å². The number of hydrogen-bond acceptors (Lipinski definition) is 7. The highest BCUT2D eigenvalue weighted by molar-refractivity contribution is 7.92. The highest BCUT2D eigenvalue weighted by Gasteiger charge is 2.20. The molecule has 2 aromatic carbocycles. The third-order valence-electron chi connectivity index (χ3n) is 4.17. The van der Waals surface area contributed by atoms with Crippen LogP contribution in [0.5, 0.6) is 0 Å². The van der Waals surface area contributed by atoms with Gasteiger partial charge in [0.05, 0.1) is 23.1 Å². The molecule has 0 saturated heterocycles. The molecule has 1 amide bonds. The number of nitro benzene ring substituents is 1. The van der Waals surface area contributed by atoms with Gasteiger partial charge in [0.1, 0.15) is 18.1 Å². The zero-order valence-electron chi connectivity index (χ0n) is 16.6. The van der Waals surface area contributed by atoms with Gasteiger partial charge in [-0.3, -0.25) is 19.2 Å². The van der Waals surface area contributed by atoms with Gasteiger partial charge in [0.2, 0.25) is 10.0 Å². The molecule has 0 spiro atoms. The number of nitro groups is 1. The predicted molar refractivity (Wildman–Crippen MR) is 120 cm³/mol. The van der Waals surface area contributed by atoms with Gasteiger partial charge in [-0.25, -0.2) is 13.8 Å². The summed E-state index contributed by atoms with van der Waals surface area (Å²) in [5.41, 5.74) is 3.13. The van der Waals surface area contributed by atoms with E-state index in [1.807, 2.05) is 0 Å². The first-order valence-electron chi connectivity index (χ1n) is 9.03. The van der Waals surface area contributed by atoms with Crippen molar-refractivity contribution in [2.75, 3.05) is 17.1 Å². The van der Waals surface area contributed by atoms with Gasteiger partial charge in [-0.05, 0) is 48.5 Å². The second-order valence-electron chi connectivity index (χ2n) is 6.55. The minimum Gasteiger partial charge on any atom is -0.455 e. The van der Waals surface area contributed by atoms with Crippen LogP contribution in [0.2, 0.25) is 5.02 Å². The lowest BCUT2D eigenvalue weighted by Gasteiger charge is -2.21. The molecule has 0 bridgehead atoms. The topological polar surface area (TPSA) is 135 Å². The molecule has 0 fully saturated rings. The first kappa shape index (κ1) is 23.0. The lowest BCUT2D eigenvalue weighted by atomic mass is 10.1. The molecule has 0 aliphatic rings. The number of furan rings is 1. The molecule has 0 aliphatic carbocycles. The van der Waals surface area contributed by atoms with Crippen molar-refractivity contribution in [2.24, 2.45) is 5.10 Å². The molecule has 1 heterocycles. The Morgan fingerprint density at radius 1 is 1.16 bits per heavy atom. The highest BCUT2D eigenvalue weighted by atomic mass is 35.5. The normalized spacial score (nSPS) is 11.4. The fourth-order valence-electron chi connectivity index (χ4n) is 2.67. The average molecular weight is 477 g/mol. The molecular weight excluding hydrogens is 460 g/mol. The van der Waals surface area contributed by atoms with Crippen LogP contribution in [0, 0.1) is 10.1 Å². The van der Waals surface area contributed by atoms with E-state index < -0.39 is 27.4 Å². The van der Waals surface area contributed by atoms with Crippen LogP contribution in [0.3, 0.4) is 0 Å². The Kier molecular flexibility index (Phi) is 6.91. The Morgan fingerprint density at radius 3 is 2.41 bits per heavy atom. The molecule has 0 saturated carbocycles. The summed E-state index contributed by atoms with van der Waals surface area (Å²) >= 11 is 5.82. The van der Waals surface area contributed by atoms with Crippen LogP contribution in [-0.2, 0) is 14.8 Å². The van der Waals surface area contributed by atoms with Crippen LogP contribution in [0.15, 0.2) is 70.2 Å². The Hall–Kier alpha value is -3.70. The number of carbonyl (C=O) groups is 1. The maximum absolute atomic E-state index is 12.2. The minimum absolute atomic E-state index is 0.0356. The lowest BCUT2D eigenvalue weighted by Crippen LogP contribution is -2.38. The summed E-state index contributed by atoms with van der Waals surface area (Å²) in [4.78, 5) is 22.4.